The van der Waals surface area contributed by atoms with Crippen LogP contribution in [0.1, 0.15) is 50.7 Å². The first-order valence-corrected chi connectivity index (χ1v) is 8.24. The number of rotatable bonds is 5. The summed E-state index contributed by atoms with van der Waals surface area (Å²) in [6, 6.07) is 8.53. The van der Waals surface area contributed by atoms with E-state index in [-0.39, 0.29) is 28.7 Å². The van der Waals surface area contributed by atoms with E-state index < -0.39 is 5.97 Å². The van der Waals surface area contributed by atoms with Gasteiger partial charge in [0.25, 0.3) is 5.91 Å². The van der Waals surface area contributed by atoms with Gasteiger partial charge in [-0.3, -0.25) is 9.78 Å². The number of nitrogens with zero attached hydrogens (tertiary/aromatic N) is 1. The van der Waals surface area contributed by atoms with Crippen LogP contribution in [0, 0.1) is 0 Å². The first kappa shape index (κ1) is 17.0. The number of methoxy groups -OCH3 is 1. The predicted octanol–water partition coefficient (Wildman–Crippen LogP) is 2.64. The van der Waals surface area contributed by atoms with Crippen LogP contribution in [0.5, 0.6) is 5.75 Å². The van der Waals surface area contributed by atoms with Crippen LogP contribution in [-0.2, 0) is 6.42 Å². The fraction of sp³-hybridized carbons (Fsp3) is 0.316. The van der Waals surface area contributed by atoms with Crippen LogP contribution in [0.3, 0.4) is 0 Å². The molecular weight excluding hydrogens is 320 g/mol. The maximum absolute atomic E-state index is 12.5. The topological polar surface area (TPSA) is 88.5 Å². The number of aryl methyl sites for hydroxylation is 1. The Kier molecular flexibility index (Phi) is 4.97. The number of nitrogens with one attached hydrogen (secondary N) is 1. The molecule has 6 nitrogen and oxygen atoms in total. The van der Waals surface area contributed by atoms with Gasteiger partial charge in [0.2, 0.25) is 0 Å². The molecule has 2 N–H and O–H groups in total. The Balaban J connectivity index is 1.76. The molecule has 1 atom stereocenters. The predicted molar refractivity (Wildman–Crippen MR) is 92.2 cm³/mol. The first-order chi connectivity index (χ1) is 12.1. The molecular formula is C19H20N2O4. The fourth-order valence-corrected chi connectivity index (χ4v) is 3.32. The molecule has 3 rings (SSSR count). The van der Waals surface area contributed by atoms with Crippen molar-refractivity contribution in [3.8, 4) is 5.75 Å². The Morgan fingerprint density at radius 2 is 2.08 bits per heavy atom. The Hall–Kier alpha value is -2.89. The molecule has 2 aromatic rings. The van der Waals surface area contributed by atoms with E-state index in [0.29, 0.717) is 6.54 Å². The van der Waals surface area contributed by atoms with E-state index in [1.165, 1.54) is 18.7 Å². The maximum atomic E-state index is 12.5. The van der Waals surface area contributed by atoms with Gasteiger partial charge >= 0.3 is 5.97 Å². The molecule has 0 aliphatic heterocycles. The summed E-state index contributed by atoms with van der Waals surface area (Å²) in [6.07, 6.45) is 4.83. The lowest BCUT2D eigenvalue weighted by Crippen LogP contribution is -2.30. The number of para-hydroxylation sites is 1. The Bertz CT molecular complexity index is 804. The molecule has 0 saturated carbocycles. The highest BCUT2D eigenvalue weighted by atomic mass is 16.5. The minimum absolute atomic E-state index is 0.0279. The zero-order valence-corrected chi connectivity index (χ0v) is 14.0. The minimum Gasteiger partial charge on any atom is -0.495 e. The summed E-state index contributed by atoms with van der Waals surface area (Å²) in [5, 5.41) is 12.1. The Labute approximate surface area is 145 Å². The molecule has 1 heterocycles. The number of pyridine rings is 1. The lowest BCUT2D eigenvalue weighted by Gasteiger charge is -2.24. The van der Waals surface area contributed by atoms with E-state index in [4.69, 9.17) is 4.74 Å². The number of carboxylic acids is 1. The summed E-state index contributed by atoms with van der Waals surface area (Å²) in [7, 11) is 1.36. The monoisotopic (exact) mass is 340 g/mol. The third kappa shape index (κ3) is 3.47. The molecule has 0 saturated heterocycles. The van der Waals surface area contributed by atoms with Crippen LogP contribution >= 0.6 is 0 Å². The van der Waals surface area contributed by atoms with Gasteiger partial charge in [-0.25, -0.2) is 4.79 Å². The largest absolute Gasteiger partial charge is 0.495 e. The van der Waals surface area contributed by atoms with Crippen LogP contribution in [0.15, 0.2) is 36.5 Å². The minimum atomic E-state index is -1.13. The van der Waals surface area contributed by atoms with Crippen LogP contribution in [0.2, 0.25) is 0 Å². The number of carbonyl (C=O) groups excluding carboxylic acids is 1. The van der Waals surface area contributed by atoms with Crippen LogP contribution in [0.25, 0.3) is 0 Å². The van der Waals surface area contributed by atoms with Crippen LogP contribution in [-0.4, -0.2) is 35.6 Å². The number of hydrogen-bond acceptors (Lipinski definition) is 4. The molecule has 25 heavy (non-hydrogen) atoms. The number of aromatic nitrogens is 1. The number of carbonyl (C=O) groups is 2. The second-order valence-electron chi connectivity index (χ2n) is 6.04. The highest BCUT2D eigenvalue weighted by Gasteiger charge is 2.24. The Morgan fingerprint density at radius 3 is 2.84 bits per heavy atom. The highest BCUT2D eigenvalue weighted by Crippen LogP contribution is 2.29. The van der Waals surface area contributed by atoms with E-state index in [1.807, 2.05) is 6.07 Å². The van der Waals surface area contributed by atoms with E-state index in [2.05, 4.69) is 16.4 Å². The number of fused-ring (bicyclic) bond motifs is 1. The van der Waals surface area contributed by atoms with Crippen molar-refractivity contribution >= 4 is 11.9 Å². The van der Waals surface area contributed by atoms with Gasteiger partial charge in [0, 0.05) is 24.4 Å². The van der Waals surface area contributed by atoms with Crippen molar-refractivity contribution in [2.24, 2.45) is 0 Å². The molecule has 1 aliphatic rings. The molecule has 1 unspecified atom stereocenters. The van der Waals surface area contributed by atoms with Crippen molar-refractivity contribution in [2.75, 3.05) is 13.7 Å². The number of benzene rings is 1. The summed E-state index contributed by atoms with van der Waals surface area (Å²) < 4.78 is 5.15. The number of hydrogen-bond donors (Lipinski definition) is 2. The molecule has 0 bridgehead atoms. The molecule has 1 aromatic heterocycles. The summed E-state index contributed by atoms with van der Waals surface area (Å²) in [5.74, 6) is -1.22. The summed E-state index contributed by atoms with van der Waals surface area (Å²) in [6.45, 7) is 0.462. The zero-order valence-electron chi connectivity index (χ0n) is 14.0. The molecule has 1 amide bonds. The van der Waals surface area contributed by atoms with Crippen molar-refractivity contribution in [1.82, 2.24) is 10.3 Å². The third-order valence-corrected chi connectivity index (χ3v) is 4.51. The summed E-state index contributed by atoms with van der Waals surface area (Å²) >= 11 is 0. The van der Waals surface area contributed by atoms with Gasteiger partial charge in [-0.2, -0.15) is 0 Å². The number of carboxylic acid groups (broad SMARTS) is 1. The second kappa shape index (κ2) is 7.34. The quantitative estimate of drug-likeness (QED) is 0.873. The van der Waals surface area contributed by atoms with Gasteiger partial charge in [-0.15, -0.1) is 0 Å². The summed E-state index contributed by atoms with van der Waals surface area (Å²) in [5.41, 5.74) is 2.47. The SMILES string of the molecule is COc1c(C(=O)O)cccc1C(=O)NCC1CCCc2cccnc21. The van der Waals surface area contributed by atoms with Crippen molar-refractivity contribution in [3.05, 3.63) is 58.9 Å². The molecule has 6 heteroatoms. The van der Waals surface area contributed by atoms with Gasteiger partial charge in [-0.05, 0) is 43.0 Å². The van der Waals surface area contributed by atoms with Crippen molar-refractivity contribution < 1.29 is 19.4 Å². The lowest BCUT2D eigenvalue weighted by atomic mass is 9.86. The molecule has 130 valence electrons. The van der Waals surface area contributed by atoms with E-state index >= 15 is 0 Å². The normalized spacial score (nSPS) is 16.0. The molecule has 0 radical (unpaired) electrons. The standard InChI is InChI=1S/C19H20N2O4/c1-25-17-14(8-3-9-15(17)19(23)24)18(22)21-11-13-6-2-5-12-7-4-10-20-16(12)13/h3-4,7-10,13H,2,5-6,11H2,1H3,(H,21,22)(H,23,24). The zero-order chi connectivity index (χ0) is 17.8. The van der Waals surface area contributed by atoms with E-state index in [9.17, 15) is 14.7 Å². The third-order valence-electron chi connectivity index (χ3n) is 4.51. The van der Waals surface area contributed by atoms with Crippen molar-refractivity contribution in [3.63, 3.8) is 0 Å². The fourth-order valence-electron chi connectivity index (χ4n) is 3.32. The van der Waals surface area contributed by atoms with Gasteiger partial charge in [-0.1, -0.05) is 12.1 Å². The molecule has 0 spiro atoms. The smallest absolute Gasteiger partial charge is 0.339 e. The number of aromatic carboxylic acids is 1. The van der Waals surface area contributed by atoms with E-state index in [1.54, 1.807) is 18.3 Å². The number of amides is 1. The van der Waals surface area contributed by atoms with Crippen molar-refractivity contribution in [1.29, 1.82) is 0 Å². The van der Waals surface area contributed by atoms with E-state index in [0.717, 1.165) is 25.0 Å². The van der Waals surface area contributed by atoms with Crippen molar-refractivity contribution in [2.45, 2.75) is 25.2 Å². The summed E-state index contributed by atoms with van der Waals surface area (Å²) in [4.78, 5) is 28.3. The van der Waals surface area contributed by atoms with Crippen LogP contribution in [0.4, 0.5) is 0 Å². The average Bonchev–Trinajstić information content (AvgIpc) is 2.65. The lowest BCUT2D eigenvalue weighted by molar-refractivity contribution is 0.0693. The van der Waals surface area contributed by atoms with Gasteiger partial charge in [0.1, 0.15) is 11.3 Å². The maximum Gasteiger partial charge on any atom is 0.339 e. The second-order valence-corrected chi connectivity index (χ2v) is 6.04. The number of ether oxygens (including phenoxy) is 1. The average molecular weight is 340 g/mol. The molecule has 1 aromatic carbocycles. The molecule has 0 fully saturated rings. The highest BCUT2D eigenvalue weighted by molar-refractivity contribution is 6.01. The Morgan fingerprint density at radius 1 is 1.28 bits per heavy atom. The van der Waals surface area contributed by atoms with Gasteiger partial charge in [0.15, 0.2) is 0 Å². The van der Waals surface area contributed by atoms with Gasteiger partial charge in [0.05, 0.1) is 12.7 Å². The van der Waals surface area contributed by atoms with Gasteiger partial charge < -0.3 is 15.2 Å². The van der Waals surface area contributed by atoms with Crippen LogP contribution < -0.4 is 10.1 Å². The first-order valence-electron chi connectivity index (χ1n) is 8.24. The molecule has 1 aliphatic carbocycles.